The van der Waals surface area contributed by atoms with Crippen LogP contribution >= 0.6 is 0 Å². The fourth-order valence-corrected chi connectivity index (χ4v) is 4.70. The summed E-state index contributed by atoms with van der Waals surface area (Å²) in [5, 5.41) is 6.33. The van der Waals surface area contributed by atoms with Crippen molar-refractivity contribution in [3.63, 3.8) is 0 Å². The van der Waals surface area contributed by atoms with Gasteiger partial charge in [0, 0.05) is 18.3 Å². The predicted molar refractivity (Wildman–Crippen MR) is 123 cm³/mol. The molecule has 202 valence electrons. The first kappa shape index (κ1) is 25.6. The van der Waals surface area contributed by atoms with Crippen molar-refractivity contribution in [3.05, 3.63) is 35.8 Å². The van der Waals surface area contributed by atoms with Crippen LogP contribution in [0.15, 0.2) is 24.7 Å². The lowest BCUT2D eigenvalue weighted by molar-refractivity contribution is -0.149. The van der Waals surface area contributed by atoms with Crippen molar-refractivity contribution in [1.29, 1.82) is 0 Å². The first-order valence-electron chi connectivity index (χ1n) is 11.6. The maximum Gasteiger partial charge on any atom is 0.418 e. The minimum absolute atomic E-state index is 0.0592. The molecule has 38 heavy (non-hydrogen) atoms. The number of hydrogen-bond donors (Lipinski definition) is 2. The predicted octanol–water partition coefficient (Wildman–Crippen LogP) is 2.57. The standard InChI is InChI=1S/C23H22F5N7O3/c1-38-20-12(19(36)33-15-9-34(8-14(15)24)21(37)22(25)3-2-4-22)5-11(7-30-20)16-6-13(23(26,27)28)17-18(29)31-10-32-35(16)17/h5-7,10,14-15H,2-4,8-9H2,1H3,(H,33,36)(H2,29,31,32)/t14-,15+/m0/s1. The summed E-state index contributed by atoms with van der Waals surface area (Å²) < 4.78 is 76.4. The second kappa shape index (κ2) is 9.06. The number of anilines is 1. The Labute approximate surface area is 212 Å². The molecular weight excluding hydrogens is 517 g/mol. The van der Waals surface area contributed by atoms with E-state index in [0.717, 1.165) is 21.8 Å². The summed E-state index contributed by atoms with van der Waals surface area (Å²) in [7, 11) is 1.23. The third-order valence-electron chi connectivity index (χ3n) is 6.85. The molecule has 0 bridgehead atoms. The Hall–Kier alpha value is -4.04. The maximum absolute atomic E-state index is 14.7. The van der Waals surface area contributed by atoms with Crippen molar-refractivity contribution in [2.75, 3.05) is 25.9 Å². The van der Waals surface area contributed by atoms with Crippen LogP contribution in [0.4, 0.5) is 27.8 Å². The van der Waals surface area contributed by atoms with Crippen molar-refractivity contribution in [1.82, 2.24) is 29.8 Å². The summed E-state index contributed by atoms with van der Waals surface area (Å²) in [6, 6.07) is 0.885. The minimum atomic E-state index is -4.78. The van der Waals surface area contributed by atoms with Crippen molar-refractivity contribution < 1.29 is 36.3 Å². The molecule has 2 atom stereocenters. The number of ether oxygens (including phenoxy) is 1. The number of carbonyl (C=O) groups is 2. The molecule has 1 saturated heterocycles. The Morgan fingerprint density at radius 1 is 1.21 bits per heavy atom. The van der Waals surface area contributed by atoms with Crippen LogP contribution in [-0.4, -0.2) is 74.4 Å². The average Bonchev–Trinajstić information content (AvgIpc) is 3.43. The minimum Gasteiger partial charge on any atom is -0.480 e. The van der Waals surface area contributed by atoms with E-state index in [0.29, 0.717) is 6.42 Å². The van der Waals surface area contributed by atoms with Gasteiger partial charge in [-0.3, -0.25) is 9.59 Å². The fraction of sp³-hybridized carbons (Fsp3) is 0.435. The van der Waals surface area contributed by atoms with Crippen LogP contribution < -0.4 is 15.8 Å². The topological polar surface area (TPSA) is 128 Å². The van der Waals surface area contributed by atoms with E-state index in [-0.39, 0.29) is 48.6 Å². The molecule has 0 radical (unpaired) electrons. The molecule has 1 aliphatic heterocycles. The Morgan fingerprint density at radius 3 is 2.58 bits per heavy atom. The summed E-state index contributed by atoms with van der Waals surface area (Å²) in [6.45, 7) is -0.607. The highest BCUT2D eigenvalue weighted by Crippen LogP contribution is 2.40. The maximum atomic E-state index is 14.7. The van der Waals surface area contributed by atoms with Gasteiger partial charge >= 0.3 is 6.18 Å². The zero-order valence-corrected chi connectivity index (χ0v) is 19.9. The van der Waals surface area contributed by atoms with Gasteiger partial charge in [-0.15, -0.1) is 0 Å². The van der Waals surface area contributed by atoms with Gasteiger partial charge in [-0.25, -0.2) is 23.3 Å². The summed E-state index contributed by atoms with van der Waals surface area (Å²) >= 11 is 0. The molecule has 2 aliphatic rings. The number of amides is 2. The Balaban J connectivity index is 1.45. The highest BCUT2D eigenvalue weighted by molar-refractivity contribution is 5.98. The van der Waals surface area contributed by atoms with E-state index in [1.54, 1.807) is 0 Å². The van der Waals surface area contributed by atoms with E-state index in [1.807, 2.05) is 0 Å². The third kappa shape index (κ3) is 4.24. The van der Waals surface area contributed by atoms with E-state index in [2.05, 4.69) is 20.4 Å². The molecule has 5 rings (SSSR count). The van der Waals surface area contributed by atoms with Crippen LogP contribution in [0, 0.1) is 0 Å². The summed E-state index contributed by atoms with van der Waals surface area (Å²) in [5.74, 6) is -2.21. The number of fused-ring (bicyclic) bond motifs is 1. The number of rotatable bonds is 5. The number of aromatic nitrogens is 4. The van der Waals surface area contributed by atoms with E-state index in [9.17, 15) is 31.5 Å². The van der Waals surface area contributed by atoms with Crippen LogP contribution in [0.1, 0.15) is 35.2 Å². The number of hydrogen-bond acceptors (Lipinski definition) is 7. The quantitative estimate of drug-likeness (QED) is 0.477. The molecule has 3 N–H and O–H groups in total. The highest BCUT2D eigenvalue weighted by Gasteiger charge is 2.50. The van der Waals surface area contributed by atoms with Gasteiger partial charge in [0.2, 0.25) is 5.88 Å². The van der Waals surface area contributed by atoms with Gasteiger partial charge in [-0.05, 0) is 31.4 Å². The number of alkyl halides is 5. The van der Waals surface area contributed by atoms with E-state index >= 15 is 0 Å². The van der Waals surface area contributed by atoms with Crippen molar-refractivity contribution in [3.8, 4) is 17.1 Å². The first-order chi connectivity index (χ1) is 17.9. The Kier molecular flexibility index (Phi) is 6.10. The lowest BCUT2D eigenvalue weighted by Gasteiger charge is -2.35. The van der Waals surface area contributed by atoms with Gasteiger partial charge in [-0.2, -0.15) is 18.3 Å². The number of carbonyl (C=O) groups excluding carboxylic acids is 2. The van der Waals surface area contributed by atoms with Crippen LogP contribution in [0.25, 0.3) is 16.8 Å². The number of nitrogen functional groups attached to an aromatic ring is 1. The number of halogens is 5. The highest BCUT2D eigenvalue weighted by atomic mass is 19.4. The van der Waals surface area contributed by atoms with Crippen LogP contribution in [0.2, 0.25) is 0 Å². The largest absolute Gasteiger partial charge is 0.480 e. The molecule has 1 aliphatic carbocycles. The number of nitrogens with zero attached hydrogens (tertiary/aromatic N) is 5. The van der Waals surface area contributed by atoms with Crippen molar-refractivity contribution >= 4 is 23.1 Å². The zero-order valence-electron chi connectivity index (χ0n) is 19.9. The average molecular weight is 539 g/mol. The molecule has 3 aromatic rings. The fourth-order valence-electron chi connectivity index (χ4n) is 4.70. The molecule has 0 aromatic carbocycles. The van der Waals surface area contributed by atoms with E-state index in [4.69, 9.17) is 10.5 Å². The third-order valence-corrected chi connectivity index (χ3v) is 6.85. The first-order valence-corrected chi connectivity index (χ1v) is 11.6. The molecule has 10 nitrogen and oxygen atoms in total. The van der Waals surface area contributed by atoms with Crippen molar-refractivity contribution in [2.45, 2.75) is 43.3 Å². The van der Waals surface area contributed by atoms with Crippen LogP contribution in [-0.2, 0) is 11.0 Å². The molecule has 0 spiro atoms. The molecule has 1 saturated carbocycles. The lowest BCUT2D eigenvalue weighted by atomic mass is 9.81. The smallest absolute Gasteiger partial charge is 0.418 e. The number of methoxy groups -OCH3 is 1. The van der Waals surface area contributed by atoms with Gasteiger partial charge < -0.3 is 20.7 Å². The number of likely N-dealkylation sites (tertiary alicyclic amines) is 1. The van der Waals surface area contributed by atoms with Gasteiger partial charge in [0.15, 0.2) is 11.5 Å². The second-order valence-corrected chi connectivity index (χ2v) is 9.25. The zero-order chi connectivity index (χ0) is 27.4. The van der Waals surface area contributed by atoms with Crippen molar-refractivity contribution in [2.24, 2.45) is 0 Å². The molecule has 15 heteroatoms. The number of nitrogens with two attached hydrogens (primary N) is 1. The van der Waals surface area contributed by atoms with Gasteiger partial charge in [0.05, 0.1) is 31.0 Å². The molecule has 2 amide bonds. The van der Waals surface area contributed by atoms with Gasteiger partial charge in [-0.1, -0.05) is 0 Å². The Bertz CT molecular complexity index is 1420. The summed E-state index contributed by atoms with van der Waals surface area (Å²) in [4.78, 5) is 34.3. The second-order valence-electron chi connectivity index (χ2n) is 9.25. The lowest BCUT2D eigenvalue weighted by Crippen LogP contribution is -2.50. The summed E-state index contributed by atoms with van der Waals surface area (Å²) in [6.07, 6.45) is -3.54. The van der Waals surface area contributed by atoms with Crippen LogP contribution in [0.5, 0.6) is 5.88 Å². The summed E-state index contributed by atoms with van der Waals surface area (Å²) in [5.41, 5.74) is 1.91. The van der Waals surface area contributed by atoms with Gasteiger partial charge in [0.25, 0.3) is 11.8 Å². The normalized spacial score (nSPS) is 20.8. The molecule has 0 unspecified atom stereocenters. The monoisotopic (exact) mass is 539 g/mol. The molecule has 3 aromatic heterocycles. The molecular formula is C23H22F5N7O3. The molecule has 4 heterocycles. The number of pyridine rings is 1. The van der Waals surface area contributed by atoms with E-state index in [1.165, 1.54) is 19.4 Å². The SMILES string of the molecule is COc1ncc(-c2cc(C(F)(F)F)c3c(N)ncnn23)cc1C(=O)N[C@@H]1CN(C(=O)C2(F)CCC2)C[C@@H]1F. The van der Waals surface area contributed by atoms with Crippen LogP contribution in [0.3, 0.4) is 0 Å². The Morgan fingerprint density at radius 2 is 1.95 bits per heavy atom. The molecule has 2 fully saturated rings. The number of nitrogens with one attached hydrogen (secondary N) is 1. The van der Waals surface area contributed by atoms with E-state index < -0.39 is 52.8 Å². The van der Waals surface area contributed by atoms with Gasteiger partial charge in [0.1, 0.15) is 23.6 Å².